The van der Waals surface area contributed by atoms with E-state index >= 15 is 0 Å². The van der Waals surface area contributed by atoms with Gasteiger partial charge in [0.15, 0.2) is 0 Å². The number of carbonyl (C=O) groups is 1. The van der Waals surface area contributed by atoms with Gasteiger partial charge >= 0.3 is 0 Å². The number of anilines is 1. The minimum atomic E-state index is 0. The van der Waals surface area contributed by atoms with E-state index in [9.17, 15) is 4.79 Å². The van der Waals surface area contributed by atoms with E-state index in [1.165, 1.54) is 84.0 Å². The third-order valence-electron chi connectivity index (χ3n) is 8.26. The lowest BCUT2D eigenvalue weighted by Gasteiger charge is -2.38. The molecule has 1 N–H and O–H groups in total. The zero-order valence-electron chi connectivity index (χ0n) is 22.9. The summed E-state index contributed by atoms with van der Waals surface area (Å²) < 4.78 is 1.22. The summed E-state index contributed by atoms with van der Waals surface area (Å²) in [6.07, 6.45) is 10.4. The van der Waals surface area contributed by atoms with Crippen molar-refractivity contribution in [2.45, 2.75) is 65.3 Å². The Bertz CT molecular complexity index is 1250. The molecule has 1 fully saturated rings. The number of carbonyl (C=O) groups excluding carboxylic acids is 1. The maximum absolute atomic E-state index is 13.2. The first-order chi connectivity index (χ1) is 18.0. The third kappa shape index (κ3) is 6.76. The van der Waals surface area contributed by atoms with E-state index in [-0.39, 0.29) is 18.3 Å². The summed E-state index contributed by atoms with van der Waals surface area (Å²) in [4.78, 5) is 13.2. The molecule has 200 valence electrons. The van der Waals surface area contributed by atoms with Gasteiger partial charge in [0.05, 0.1) is 19.6 Å². The minimum Gasteiger partial charge on any atom is -1.00 e. The molecule has 1 aliphatic carbocycles. The van der Waals surface area contributed by atoms with Crippen molar-refractivity contribution in [1.29, 1.82) is 0 Å². The van der Waals surface area contributed by atoms with Crippen LogP contribution in [0.1, 0.15) is 67.7 Å². The molecule has 5 rings (SSSR count). The van der Waals surface area contributed by atoms with Gasteiger partial charge in [-0.25, -0.2) is 0 Å². The summed E-state index contributed by atoms with van der Waals surface area (Å²) in [5.41, 5.74) is 9.25. The smallest absolute Gasteiger partial charge is 0.251 e. The largest absolute Gasteiger partial charge is 1.00 e. The van der Waals surface area contributed by atoms with Crippen LogP contribution >= 0.6 is 0 Å². The van der Waals surface area contributed by atoms with Crippen molar-refractivity contribution in [2.75, 3.05) is 25.0 Å². The van der Waals surface area contributed by atoms with Gasteiger partial charge in [0.25, 0.3) is 5.91 Å². The first kappa shape index (κ1) is 28.1. The normalized spacial score (nSPS) is 16.4. The first-order valence-electron chi connectivity index (χ1n) is 14.2. The highest BCUT2D eigenvalue weighted by molar-refractivity contribution is 6.07. The summed E-state index contributed by atoms with van der Waals surface area (Å²) in [5, 5.41) is 3.16. The maximum atomic E-state index is 13.2. The van der Waals surface area contributed by atoms with E-state index in [0.717, 1.165) is 36.2 Å². The SMILES string of the molecule is CCC[N+]1(Cc2ccc(NC(=O)C3=Cc4cc(-c5ccc(C)cc5)ccc4CC3)cc2)CCCCCC1.[Cl-]. The number of fused-ring (bicyclic) bond motifs is 1. The van der Waals surface area contributed by atoms with Crippen molar-refractivity contribution in [3.63, 3.8) is 0 Å². The van der Waals surface area contributed by atoms with E-state index in [4.69, 9.17) is 0 Å². The van der Waals surface area contributed by atoms with E-state index in [1.807, 2.05) is 0 Å². The van der Waals surface area contributed by atoms with Gasteiger partial charge in [0.1, 0.15) is 6.54 Å². The van der Waals surface area contributed by atoms with Crippen molar-refractivity contribution in [1.82, 2.24) is 0 Å². The van der Waals surface area contributed by atoms with Crippen molar-refractivity contribution in [3.05, 3.63) is 94.6 Å². The molecule has 1 heterocycles. The van der Waals surface area contributed by atoms with Crippen LogP contribution < -0.4 is 17.7 Å². The highest BCUT2D eigenvalue weighted by Gasteiger charge is 2.28. The number of rotatable bonds is 7. The summed E-state index contributed by atoms with van der Waals surface area (Å²) >= 11 is 0. The molecule has 0 radical (unpaired) electrons. The Morgan fingerprint density at radius 1 is 0.842 bits per heavy atom. The molecule has 38 heavy (non-hydrogen) atoms. The zero-order valence-corrected chi connectivity index (χ0v) is 23.7. The Labute approximate surface area is 235 Å². The van der Waals surface area contributed by atoms with Gasteiger partial charge < -0.3 is 22.2 Å². The number of hydrogen-bond acceptors (Lipinski definition) is 1. The van der Waals surface area contributed by atoms with Crippen LogP contribution in [0, 0.1) is 6.92 Å². The van der Waals surface area contributed by atoms with E-state index in [2.05, 4.69) is 92.0 Å². The quantitative estimate of drug-likeness (QED) is 0.433. The van der Waals surface area contributed by atoms with E-state index < -0.39 is 0 Å². The fraction of sp³-hybridized carbons (Fsp3) is 0.382. The Kier molecular flexibility index (Phi) is 9.46. The van der Waals surface area contributed by atoms with Crippen LogP contribution in [0.2, 0.25) is 0 Å². The Balaban J connectivity index is 0.00000336. The summed E-state index contributed by atoms with van der Waals surface area (Å²) in [6, 6.07) is 23.9. The Morgan fingerprint density at radius 2 is 1.53 bits per heavy atom. The minimum absolute atomic E-state index is 0. The van der Waals surface area contributed by atoms with Crippen molar-refractivity contribution < 1.29 is 21.7 Å². The molecular weight excluding hydrogens is 488 g/mol. The number of nitrogens with one attached hydrogen (secondary N) is 1. The molecule has 3 aromatic rings. The molecule has 1 aliphatic heterocycles. The predicted octanol–water partition coefficient (Wildman–Crippen LogP) is 4.94. The molecule has 2 aliphatic rings. The summed E-state index contributed by atoms with van der Waals surface area (Å²) in [6.45, 7) is 9.39. The van der Waals surface area contributed by atoms with Crippen LogP contribution in [0.3, 0.4) is 0 Å². The van der Waals surface area contributed by atoms with Gasteiger partial charge in [-0.05, 0) is 98.4 Å². The summed E-state index contributed by atoms with van der Waals surface area (Å²) in [7, 11) is 0. The monoisotopic (exact) mass is 528 g/mol. The van der Waals surface area contributed by atoms with Gasteiger partial charge in [0.2, 0.25) is 0 Å². The number of likely N-dealkylation sites (tertiary alicyclic amines) is 1. The Morgan fingerprint density at radius 3 is 2.21 bits per heavy atom. The van der Waals surface area contributed by atoms with Crippen LogP contribution in [-0.2, 0) is 17.8 Å². The number of quaternary nitrogens is 1. The molecule has 0 bridgehead atoms. The average Bonchev–Trinajstić information content (AvgIpc) is 3.15. The molecule has 1 saturated heterocycles. The molecule has 0 spiro atoms. The van der Waals surface area contributed by atoms with Gasteiger partial charge in [-0.3, -0.25) is 4.79 Å². The molecule has 3 nitrogen and oxygen atoms in total. The number of benzene rings is 3. The van der Waals surface area contributed by atoms with Gasteiger partial charge in [-0.1, -0.05) is 61.0 Å². The maximum Gasteiger partial charge on any atom is 0.251 e. The number of amides is 1. The molecular formula is C34H41ClN2O. The van der Waals surface area contributed by atoms with Crippen LogP contribution in [0.4, 0.5) is 5.69 Å². The fourth-order valence-corrected chi connectivity index (χ4v) is 6.18. The third-order valence-corrected chi connectivity index (χ3v) is 8.26. The van der Waals surface area contributed by atoms with E-state index in [1.54, 1.807) is 0 Å². The topological polar surface area (TPSA) is 29.1 Å². The molecule has 0 unspecified atom stereocenters. The highest BCUT2D eigenvalue weighted by Crippen LogP contribution is 2.30. The van der Waals surface area contributed by atoms with Crippen molar-refractivity contribution in [2.24, 2.45) is 0 Å². The standard InChI is InChI=1S/C34H40N2O.ClH/c1-3-20-36(21-6-4-5-7-22-36)25-27-10-18-33(19-11-27)35-34(37)31-17-15-29-14-16-30(23-32(29)24-31)28-12-8-26(2)9-13-28;/h8-14,16,18-19,23-24H,3-7,15,17,20-22,25H2,1-2H3;1H. The first-order valence-corrected chi connectivity index (χ1v) is 14.2. The second kappa shape index (κ2) is 12.8. The lowest BCUT2D eigenvalue weighted by molar-refractivity contribution is -0.940. The lowest BCUT2D eigenvalue weighted by atomic mass is 9.89. The Hall–Kier alpha value is -2.88. The second-order valence-corrected chi connectivity index (χ2v) is 11.2. The summed E-state index contributed by atoms with van der Waals surface area (Å²) in [5.74, 6) is 0.0149. The lowest BCUT2D eigenvalue weighted by Crippen LogP contribution is -3.00. The fourth-order valence-electron chi connectivity index (χ4n) is 6.18. The number of halogens is 1. The molecule has 0 atom stereocenters. The van der Waals surface area contributed by atoms with Crippen molar-refractivity contribution in [3.8, 4) is 11.1 Å². The van der Waals surface area contributed by atoms with Gasteiger partial charge in [-0.2, -0.15) is 0 Å². The van der Waals surface area contributed by atoms with Crippen LogP contribution in [0.25, 0.3) is 17.2 Å². The molecule has 4 heteroatoms. The molecule has 0 aromatic heterocycles. The molecule has 3 aromatic carbocycles. The average molecular weight is 529 g/mol. The van der Waals surface area contributed by atoms with Crippen LogP contribution in [0.15, 0.2) is 72.3 Å². The molecule has 0 saturated carbocycles. The van der Waals surface area contributed by atoms with Gasteiger partial charge in [-0.15, -0.1) is 0 Å². The van der Waals surface area contributed by atoms with Crippen LogP contribution in [0.5, 0.6) is 0 Å². The van der Waals surface area contributed by atoms with E-state index in [0.29, 0.717) is 0 Å². The van der Waals surface area contributed by atoms with Crippen molar-refractivity contribution >= 4 is 17.7 Å². The highest BCUT2D eigenvalue weighted by atomic mass is 35.5. The zero-order chi connectivity index (χ0) is 25.7. The van der Waals surface area contributed by atoms with Crippen LogP contribution in [-0.4, -0.2) is 30.0 Å². The number of nitrogens with zero attached hydrogens (tertiary/aromatic N) is 1. The van der Waals surface area contributed by atoms with Gasteiger partial charge in [0, 0.05) is 16.8 Å². The molecule has 1 amide bonds. The second-order valence-electron chi connectivity index (χ2n) is 11.2. The number of hydrogen-bond donors (Lipinski definition) is 1. The predicted molar refractivity (Wildman–Crippen MR) is 155 cm³/mol. The number of aryl methyl sites for hydroxylation is 2.